The molecule has 1 amide bonds. The highest BCUT2D eigenvalue weighted by atomic mass is 16.6. The van der Waals surface area contributed by atoms with E-state index in [1.807, 2.05) is 44.2 Å². The van der Waals surface area contributed by atoms with Crippen LogP contribution in [0.5, 0.6) is 11.5 Å². The Kier molecular flexibility index (Phi) is 5.21. The number of amides is 1. The van der Waals surface area contributed by atoms with Crippen LogP contribution in [-0.2, 0) is 6.54 Å². The average molecular weight is 285 g/mol. The fourth-order valence-electron chi connectivity index (χ4n) is 1.94. The Morgan fingerprint density at radius 1 is 1.10 bits per heavy atom. The molecular formula is C17H19NO3. The van der Waals surface area contributed by atoms with Crippen LogP contribution in [0.2, 0.25) is 0 Å². The van der Waals surface area contributed by atoms with Crippen LogP contribution in [0.25, 0.3) is 0 Å². The summed E-state index contributed by atoms with van der Waals surface area (Å²) in [7, 11) is 0. The summed E-state index contributed by atoms with van der Waals surface area (Å²) in [4.78, 5) is 11.8. The summed E-state index contributed by atoms with van der Waals surface area (Å²) in [6, 6.07) is 15.1. The predicted molar refractivity (Wildman–Crippen MR) is 81.7 cm³/mol. The molecule has 0 aromatic heterocycles. The van der Waals surface area contributed by atoms with Gasteiger partial charge in [0.1, 0.15) is 0 Å². The molecule has 4 heteroatoms. The van der Waals surface area contributed by atoms with Crippen LogP contribution in [-0.4, -0.2) is 12.7 Å². The molecule has 0 saturated carbocycles. The van der Waals surface area contributed by atoms with Crippen LogP contribution < -0.4 is 14.8 Å². The molecule has 0 aliphatic heterocycles. The maximum absolute atomic E-state index is 11.8. The van der Waals surface area contributed by atoms with Crippen molar-refractivity contribution in [3.05, 3.63) is 59.7 Å². The van der Waals surface area contributed by atoms with Crippen LogP contribution in [0.15, 0.2) is 48.5 Å². The van der Waals surface area contributed by atoms with Crippen molar-refractivity contribution in [2.24, 2.45) is 0 Å². The topological polar surface area (TPSA) is 47.6 Å². The molecule has 0 unspecified atom stereocenters. The molecule has 0 bridgehead atoms. The van der Waals surface area contributed by atoms with Crippen LogP contribution in [0.3, 0.4) is 0 Å². The second-order valence-electron chi connectivity index (χ2n) is 4.61. The van der Waals surface area contributed by atoms with Gasteiger partial charge >= 0.3 is 6.09 Å². The smallest absolute Gasteiger partial charge is 0.413 e. The number of rotatable bonds is 5. The highest BCUT2D eigenvalue weighted by molar-refractivity contribution is 5.71. The lowest BCUT2D eigenvalue weighted by Crippen LogP contribution is -2.26. The largest absolute Gasteiger partial charge is 0.490 e. The van der Waals surface area contributed by atoms with Crippen molar-refractivity contribution >= 4 is 6.09 Å². The van der Waals surface area contributed by atoms with E-state index >= 15 is 0 Å². The van der Waals surface area contributed by atoms with E-state index in [1.165, 1.54) is 0 Å². The van der Waals surface area contributed by atoms with Crippen LogP contribution in [0.4, 0.5) is 4.79 Å². The minimum absolute atomic E-state index is 0.418. The lowest BCUT2D eigenvalue weighted by atomic mass is 10.1. The second kappa shape index (κ2) is 7.33. The highest BCUT2D eigenvalue weighted by Gasteiger charge is 2.09. The third kappa shape index (κ3) is 4.53. The van der Waals surface area contributed by atoms with Crippen molar-refractivity contribution in [1.82, 2.24) is 5.32 Å². The van der Waals surface area contributed by atoms with Gasteiger partial charge in [0.05, 0.1) is 6.61 Å². The Morgan fingerprint density at radius 2 is 1.86 bits per heavy atom. The lowest BCUT2D eigenvalue weighted by molar-refractivity contribution is 0.197. The van der Waals surface area contributed by atoms with Crippen molar-refractivity contribution < 1.29 is 14.3 Å². The molecule has 21 heavy (non-hydrogen) atoms. The van der Waals surface area contributed by atoms with Gasteiger partial charge in [-0.1, -0.05) is 42.0 Å². The minimum Gasteiger partial charge on any atom is -0.490 e. The molecule has 0 radical (unpaired) electrons. The Bertz CT molecular complexity index is 610. The SMILES string of the molecule is CCOc1ccccc1OC(=O)NCc1cccc(C)c1. The number of carbonyl (C=O) groups is 1. The average Bonchev–Trinajstić information content (AvgIpc) is 2.48. The number of hydrogen-bond acceptors (Lipinski definition) is 3. The maximum Gasteiger partial charge on any atom is 0.413 e. The zero-order chi connectivity index (χ0) is 15.1. The first-order chi connectivity index (χ1) is 10.2. The zero-order valence-corrected chi connectivity index (χ0v) is 12.3. The molecule has 0 atom stereocenters. The molecule has 2 rings (SSSR count). The zero-order valence-electron chi connectivity index (χ0n) is 12.3. The molecule has 0 heterocycles. The molecule has 4 nitrogen and oxygen atoms in total. The predicted octanol–water partition coefficient (Wildman–Crippen LogP) is 3.68. The van der Waals surface area contributed by atoms with Crippen molar-refractivity contribution in [3.63, 3.8) is 0 Å². The van der Waals surface area contributed by atoms with Gasteiger partial charge in [-0.3, -0.25) is 0 Å². The van der Waals surface area contributed by atoms with Gasteiger partial charge in [0.25, 0.3) is 0 Å². The van der Waals surface area contributed by atoms with Gasteiger partial charge in [0, 0.05) is 6.54 Å². The number of nitrogens with one attached hydrogen (secondary N) is 1. The fourth-order valence-corrected chi connectivity index (χ4v) is 1.94. The summed E-state index contributed by atoms with van der Waals surface area (Å²) in [5, 5.41) is 2.73. The van der Waals surface area contributed by atoms with Gasteiger partial charge in [0.15, 0.2) is 11.5 Å². The van der Waals surface area contributed by atoms with Crippen molar-refractivity contribution in [2.45, 2.75) is 20.4 Å². The van der Waals surface area contributed by atoms with Crippen LogP contribution in [0.1, 0.15) is 18.1 Å². The van der Waals surface area contributed by atoms with Gasteiger partial charge in [-0.25, -0.2) is 4.79 Å². The molecule has 2 aromatic rings. The number of para-hydroxylation sites is 2. The van der Waals surface area contributed by atoms with Crippen molar-refractivity contribution in [3.8, 4) is 11.5 Å². The summed E-state index contributed by atoms with van der Waals surface area (Å²) in [5.41, 5.74) is 2.19. The van der Waals surface area contributed by atoms with E-state index in [-0.39, 0.29) is 0 Å². The van der Waals surface area contributed by atoms with E-state index in [4.69, 9.17) is 9.47 Å². The highest BCUT2D eigenvalue weighted by Crippen LogP contribution is 2.26. The lowest BCUT2D eigenvalue weighted by Gasteiger charge is -2.11. The van der Waals surface area contributed by atoms with Gasteiger partial charge in [0.2, 0.25) is 0 Å². The molecular weight excluding hydrogens is 266 g/mol. The van der Waals surface area contributed by atoms with E-state index in [2.05, 4.69) is 5.32 Å². The second-order valence-corrected chi connectivity index (χ2v) is 4.61. The van der Waals surface area contributed by atoms with E-state index < -0.39 is 6.09 Å². The van der Waals surface area contributed by atoms with Gasteiger partial charge in [-0.15, -0.1) is 0 Å². The number of hydrogen-bond donors (Lipinski definition) is 1. The fraction of sp³-hybridized carbons (Fsp3) is 0.235. The minimum atomic E-state index is -0.497. The number of carbonyl (C=O) groups excluding carboxylic acids is 1. The maximum atomic E-state index is 11.8. The summed E-state index contributed by atoms with van der Waals surface area (Å²) < 4.78 is 10.7. The molecule has 0 aliphatic rings. The summed E-state index contributed by atoms with van der Waals surface area (Å²) in [6.45, 7) is 4.84. The van der Waals surface area contributed by atoms with Crippen LogP contribution >= 0.6 is 0 Å². The van der Waals surface area contributed by atoms with E-state index in [0.717, 1.165) is 11.1 Å². The first-order valence-corrected chi connectivity index (χ1v) is 6.92. The Balaban J connectivity index is 1.93. The molecule has 0 saturated heterocycles. The third-order valence-corrected chi connectivity index (χ3v) is 2.87. The molecule has 0 aliphatic carbocycles. The summed E-state index contributed by atoms with van der Waals surface area (Å²) >= 11 is 0. The van der Waals surface area contributed by atoms with Crippen LogP contribution in [0, 0.1) is 6.92 Å². The number of aryl methyl sites for hydroxylation is 1. The molecule has 0 fully saturated rings. The first kappa shape index (κ1) is 14.9. The Morgan fingerprint density at radius 3 is 2.57 bits per heavy atom. The quantitative estimate of drug-likeness (QED) is 0.911. The third-order valence-electron chi connectivity index (χ3n) is 2.87. The van der Waals surface area contributed by atoms with Gasteiger partial charge < -0.3 is 14.8 Å². The van der Waals surface area contributed by atoms with Crippen molar-refractivity contribution in [2.75, 3.05) is 6.61 Å². The van der Waals surface area contributed by atoms with E-state index in [1.54, 1.807) is 18.2 Å². The van der Waals surface area contributed by atoms with Gasteiger partial charge in [-0.05, 0) is 31.5 Å². The standard InChI is InChI=1S/C17H19NO3/c1-3-20-15-9-4-5-10-16(15)21-17(19)18-12-14-8-6-7-13(2)11-14/h4-11H,3,12H2,1-2H3,(H,18,19). The molecule has 2 aromatic carbocycles. The number of ether oxygens (including phenoxy) is 2. The Labute approximate surface area is 124 Å². The molecule has 1 N–H and O–H groups in total. The summed E-state index contributed by atoms with van der Waals surface area (Å²) in [5.74, 6) is 0.979. The van der Waals surface area contributed by atoms with Gasteiger partial charge in [-0.2, -0.15) is 0 Å². The normalized spacial score (nSPS) is 10.0. The number of benzene rings is 2. The first-order valence-electron chi connectivity index (χ1n) is 6.92. The monoisotopic (exact) mass is 285 g/mol. The molecule has 110 valence electrons. The Hall–Kier alpha value is -2.49. The summed E-state index contributed by atoms with van der Waals surface area (Å²) in [6.07, 6.45) is -0.497. The van der Waals surface area contributed by atoms with E-state index in [0.29, 0.717) is 24.7 Å². The molecule has 0 spiro atoms. The van der Waals surface area contributed by atoms with E-state index in [9.17, 15) is 4.79 Å². The van der Waals surface area contributed by atoms with Crippen molar-refractivity contribution in [1.29, 1.82) is 0 Å².